The summed E-state index contributed by atoms with van der Waals surface area (Å²) in [4.78, 5) is 0. The van der Waals surface area contributed by atoms with Crippen molar-refractivity contribution >= 4 is 0 Å². The van der Waals surface area contributed by atoms with Gasteiger partial charge >= 0.3 is 0 Å². The molecule has 0 saturated carbocycles. The molecule has 0 radical (unpaired) electrons. The molecule has 0 rings (SSSR count). The molecular formula is C13H29N. The monoisotopic (exact) mass is 199 g/mol. The molecule has 1 heteroatoms. The van der Waals surface area contributed by atoms with Crippen LogP contribution in [0.15, 0.2) is 12.7 Å². The summed E-state index contributed by atoms with van der Waals surface area (Å²) in [6.45, 7) is 16.7. The Hall–Kier alpha value is -0.300. The second kappa shape index (κ2) is 12.7. The Kier molecular flexibility index (Phi) is 14.6. The molecule has 0 saturated heterocycles. The topological polar surface area (TPSA) is 12.0 Å². The predicted molar refractivity (Wildman–Crippen MR) is 67.7 cm³/mol. The highest BCUT2D eigenvalue weighted by molar-refractivity contribution is 4.53. The molecule has 1 nitrogen and oxygen atoms in total. The largest absolute Gasteiger partial charge is 0.317 e. The first-order valence-electron chi connectivity index (χ1n) is 5.82. The van der Waals surface area contributed by atoms with E-state index in [4.69, 9.17) is 0 Å². The van der Waals surface area contributed by atoms with Crippen molar-refractivity contribution in [3.05, 3.63) is 12.7 Å². The number of hydrogen-bond acceptors (Lipinski definition) is 1. The highest BCUT2D eigenvalue weighted by atomic mass is 14.8. The van der Waals surface area contributed by atoms with Gasteiger partial charge in [0, 0.05) is 0 Å². The van der Waals surface area contributed by atoms with Crippen LogP contribution in [-0.2, 0) is 0 Å². The number of hydrogen-bond donors (Lipinski definition) is 1. The van der Waals surface area contributed by atoms with Crippen LogP contribution in [0.1, 0.15) is 47.5 Å². The SMILES string of the molecule is C=CC.CC(C)CCNCCC(C)C. The molecule has 0 heterocycles. The van der Waals surface area contributed by atoms with Crippen LogP contribution in [0.5, 0.6) is 0 Å². The van der Waals surface area contributed by atoms with Crippen LogP contribution in [0.25, 0.3) is 0 Å². The van der Waals surface area contributed by atoms with E-state index in [1.165, 1.54) is 25.9 Å². The fourth-order valence-electron chi connectivity index (χ4n) is 0.906. The van der Waals surface area contributed by atoms with E-state index in [-0.39, 0.29) is 0 Å². The minimum atomic E-state index is 0.835. The van der Waals surface area contributed by atoms with Crippen molar-refractivity contribution < 1.29 is 0 Å². The van der Waals surface area contributed by atoms with E-state index in [1.54, 1.807) is 6.08 Å². The van der Waals surface area contributed by atoms with Gasteiger partial charge in [-0.15, -0.1) is 6.58 Å². The fourth-order valence-corrected chi connectivity index (χ4v) is 0.906. The lowest BCUT2D eigenvalue weighted by atomic mass is 10.1. The predicted octanol–water partition coefficient (Wildman–Crippen LogP) is 3.86. The molecule has 0 aliphatic carbocycles. The van der Waals surface area contributed by atoms with Crippen LogP contribution in [0.4, 0.5) is 0 Å². The zero-order chi connectivity index (χ0) is 11.4. The van der Waals surface area contributed by atoms with Crippen molar-refractivity contribution in [2.75, 3.05) is 13.1 Å². The molecule has 1 N–H and O–H groups in total. The Morgan fingerprint density at radius 1 is 1.00 bits per heavy atom. The second-order valence-corrected chi connectivity index (χ2v) is 4.52. The van der Waals surface area contributed by atoms with E-state index in [0.29, 0.717) is 0 Å². The van der Waals surface area contributed by atoms with Gasteiger partial charge in [-0.3, -0.25) is 0 Å². The van der Waals surface area contributed by atoms with Crippen LogP contribution >= 0.6 is 0 Å². The molecule has 86 valence electrons. The highest BCUT2D eigenvalue weighted by Gasteiger charge is 1.94. The first-order valence-corrected chi connectivity index (χ1v) is 5.82. The van der Waals surface area contributed by atoms with Crippen LogP contribution in [0.3, 0.4) is 0 Å². The second-order valence-electron chi connectivity index (χ2n) is 4.52. The van der Waals surface area contributed by atoms with Crippen molar-refractivity contribution in [3.8, 4) is 0 Å². The summed E-state index contributed by atoms with van der Waals surface area (Å²) in [5.41, 5.74) is 0. The van der Waals surface area contributed by atoms with Crippen molar-refractivity contribution in [3.63, 3.8) is 0 Å². The fraction of sp³-hybridized carbons (Fsp3) is 0.846. The minimum Gasteiger partial charge on any atom is -0.317 e. The Balaban J connectivity index is 0. The summed E-state index contributed by atoms with van der Waals surface area (Å²) in [6, 6.07) is 0. The molecule has 0 bridgehead atoms. The van der Waals surface area contributed by atoms with Crippen LogP contribution in [0, 0.1) is 11.8 Å². The molecule has 0 unspecified atom stereocenters. The van der Waals surface area contributed by atoms with Crippen molar-refractivity contribution in [1.29, 1.82) is 0 Å². The molecule has 0 spiro atoms. The summed E-state index contributed by atoms with van der Waals surface area (Å²) in [7, 11) is 0. The molecule has 0 fully saturated rings. The maximum Gasteiger partial charge on any atom is -0.00465 e. The van der Waals surface area contributed by atoms with Gasteiger partial charge in [0.2, 0.25) is 0 Å². The molecular weight excluding hydrogens is 170 g/mol. The molecule has 0 aliphatic heterocycles. The van der Waals surface area contributed by atoms with Gasteiger partial charge in [0.25, 0.3) is 0 Å². The molecule has 0 aliphatic rings. The zero-order valence-corrected chi connectivity index (χ0v) is 10.8. The van der Waals surface area contributed by atoms with Crippen molar-refractivity contribution in [1.82, 2.24) is 5.32 Å². The molecule has 0 aromatic heterocycles. The maximum absolute atomic E-state index is 3.45. The maximum atomic E-state index is 3.45. The van der Waals surface area contributed by atoms with Gasteiger partial charge in [0.1, 0.15) is 0 Å². The smallest absolute Gasteiger partial charge is 0.00465 e. The number of nitrogens with one attached hydrogen (secondary N) is 1. The van der Waals surface area contributed by atoms with Gasteiger partial charge < -0.3 is 5.32 Å². The van der Waals surface area contributed by atoms with E-state index >= 15 is 0 Å². The molecule has 14 heavy (non-hydrogen) atoms. The lowest BCUT2D eigenvalue weighted by Gasteiger charge is -2.07. The summed E-state index contributed by atoms with van der Waals surface area (Å²) in [5, 5.41) is 3.45. The molecule has 0 amide bonds. The van der Waals surface area contributed by atoms with E-state index in [1.807, 2.05) is 6.92 Å². The van der Waals surface area contributed by atoms with E-state index < -0.39 is 0 Å². The third kappa shape index (κ3) is 22.6. The lowest BCUT2D eigenvalue weighted by molar-refractivity contribution is 0.498. The van der Waals surface area contributed by atoms with E-state index in [2.05, 4.69) is 39.6 Å². The summed E-state index contributed by atoms with van der Waals surface area (Å²) in [6.07, 6.45) is 4.36. The van der Waals surface area contributed by atoms with Gasteiger partial charge in [0.05, 0.1) is 0 Å². The lowest BCUT2D eigenvalue weighted by Crippen LogP contribution is -2.19. The van der Waals surface area contributed by atoms with Gasteiger partial charge in [-0.2, -0.15) is 0 Å². The average Bonchev–Trinajstić information content (AvgIpc) is 2.04. The highest BCUT2D eigenvalue weighted by Crippen LogP contribution is 1.98. The van der Waals surface area contributed by atoms with Crippen LogP contribution < -0.4 is 5.32 Å². The normalized spacial score (nSPS) is 9.93. The van der Waals surface area contributed by atoms with Crippen molar-refractivity contribution in [2.45, 2.75) is 47.5 Å². The first-order chi connectivity index (χ1) is 6.54. The Labute approximate surface area is 91.0 Å². The van der Waals surface area contributed by atoms with Crippen molar-refractivity contribution in [2.24, 2.45) is 11.8 Å². The van der Waals surface area contributed by atoms with Crippen LogP contribution in [0.2, 0.25) is 0 Å². The average molecular weight is 199 g/mol. The van der Waals surface area contributed by atoms with Crippen LogP contribution in [-0.4, -0.2) is 13.1 Å². The Bertz CT molecular complexity index is 95.8. The molecule has 0 aromatic carbocycles. The number of rotatable bonds is 6. The third-order valence-corrected chi connectivity index (χ3v) is 1.80. The first kappa shape index (κ1) is 16.1. The summed E-state index contributed by atoms with van der Waals surface area (Å²) in [5.74, 6) is 1.67. The molecule has 0 atom stereocenters. The molecule has 0 aromatic rings. The van der Waals surface area contributed by atoms with Gasteiger partial charge in [-0.05, 0) is 44.7 Å². The third-order valence-electron chi connectivity index (χ3n) is 1.80. The van der Waals surface area contributed by atoms with E-state index in [9.17, 15) is 0 Å². The van der Waals surface area contributed by atoms with Gasteiger partial charge in [-0.1, -0.05) is 33.8 Å². The quantitative estimate of drug-likeness (QED) is 0.506. The van der Waals surface area contributed by atoms with Gasteiger partial charge in [-0.25, -0.2) is 0 Å². The summed E-state index contributed by atoms with van der Waals surface area (Å²) < 4.78 is 0. The Morgan fingerprint density at radius 3 is 1.50 bits per heavy atom. The zero-order valence-electron chi connectivity index (χ0n) is 10.8. The summed E-state index contributed by atoms with van der Waals surface area (Å²) >= 11 is 0. The Morgan fingerprint density at radius 2 is 1.29 bits per heavy atom. The standard InChI is InChI=1S/C10H23N.C3H6/c1-9(2)5-7-11-8-6-10(3)4;1-3-2/h9-11H,5-8H2,1-4H3;3H,1H2,2H3. The van der Waals surface area contributed by atoms with E-state index in [0.717, 1.165) is 11.8 Å². The minimum absolute atomic E-state index is 0.835. The number of allylic oxidation sites excluding steroid dienone is 1. The van der Waals surface area contributed by atoms with Gasteiger partial charge in [0.15, 0.2) is 0 Å².